The van der Waals surface area contributed by atoms with Gasteiger partial charge < -0.3 is 24.4 Å². The average Bonchev–Trinajstić information content (AvgIpc) is 3.21. The van der Waals surface area contributed by atoms with E-state index in [0.717, 1.165) is 5.56 Å². The van der Waals surface area contributed by atoms with Gasteiger partial charge in [-0.25, -0.2) is 9.18 Å². The highest BCUT2D eigenvalue weighted by molar-refractivity contribution is 7.80. The van der Waals surface area contributed by atoms with E-state index in [1.165, 1.54) is 48.4 Å². The Morgan fingerprint density at radius 3 is 2.26 bits per heavy atom. The lowest BCUT2D eigenvalue weighted by Crippen LogP contribution is -2.39. The standard InChI is InChI=1S/C31H32FN3O6S/c1-4-40-26-15-6-20(18-27(26)41-5-2)16-17-34-25(29(37)35(31(34)42)24-13-9-22(32)10-14-24)19-28(36)33-23-11-7-21(8-12-23)30(38)39-3/h6-15,18,25H,4-5,16-17,19H2,1-3H3,(H,33,36)/t25-/m1/s1. The van der Waals surface area contributed by atoms with Gasteiger partial charge >= 0.3 is 5.97 Å². The second kappa shape index (κ2) is 13.9. The average molecular weight is 594 g/mol. The molecule has 0 aromatic heterocycles. The summed E-state index contributed by atoms with van der Waals surface area (Å²) in [4.78, 5) is 41.5. The molecule has 1 saturated heterocycles. The second-order valence-corrected chi connectivity index (χ2v) is 9.73. The maximum absolute atomic E-state index is 13.7. The van der Waals surface area contributed by atoms with Gasteiger partial charge in [0.15, 0.2) is 16.6 Å². The van der Waals surface area contributed by atoms with E-state index in [9.17, 15) is 18.8 Å². The zero-order valence-electron chi connectivity index (χ0n) is 23.6. The van der Waals surface area contributed by atoms with Crippen LogP contribution >= 0.6 is 12.2 Å². The number of benzene rings is 3. The molecule has 9 nitrogen and oxygen atoms in total. The molecule has 220 valence electrons. The van der Waals surface area contributed by atoms with E-state index in [1.807, 2.05) is 32.0 Å². The van der Waals surface area contributed by atoms with Gasteiger partial charge in [0.1, 0.15) is 11.9 Å². The zero-order chi connectivity index (χ0) is 30.2. The summed E-state index contributed by atoms with van der Waals surface area (Å²) in [5.74, 6) is -0.457. The summed E-state index contributed by atoms with van der Waals surface area (Å²) in [6, 6.07) is 16.5. The molecule has 0 bridgehead atoms. The fourth-order valence-electron chi connectivity index (χ4n) is 4.61. The second-order valence-electron chi connectivity index (χ2n) is 9.36. The lowest BCUT2D eigenvalue weighted by atomic mass is 10.1. The van der Waals surface area contributed by atoms with Gasteiger partial charge in [0.25, 0.3) is 5.91 Å². The van der Waals surface area contributed by atoms with E-state index in [2.05, 4.69) is 5.32 Å². The molecule has 0 aliphatic carbocycles. The van der Waals surface area contributed by atoms with Crippen LogP contribution in [0.1, 0.15) is 36.2 Å². The van der Waals surface area contributed by atoms with E-state index in [4.69, 9.17) is 26.4 Å². The van der Waals surface area contributed by atoms with Gasteiger partial charge in [-0.05, 0) is 98.7 Å². The van der Waals surface area contributed by atoms with Crippen LogP contribution in [0.15, 0.2) is 66.7 Å². The van der Waals surface area contributed by atoms with E-state index in [1.54, 1.807) is 17.0 Å². The van der Waals surface area contributed by atoms with Crippen molar-refractivity contribution < 1.29 is 33.0 Å². The molecule has 0 saturated carbocycles. The van der Waals surface area contributed by atoms with Crippen molar-refractivity contribution in [3.8, 4) is 11.5 Å². The summed E-state index contributed by atoms with van der Waals surface area (Å²) < 4.78 is 29.7. The summed E-state index contributed by atoms with van der Waals surface area (Å²) in [5.41, 5.74) is 2.15. The molecule has 1 aliphatic rings. The first-order valence-corrected chi connectivity index (χ1v) is 13.9. The summed E-state index contributed by atoms with van der Waals surface area (Å²) >= 11 is 5.72. The third kappa shape index (κ3) is 7.03. The van der Waals surface area contributed by atoms with Gasteiger partial charge in [-0.15, -0.1) is 0 Å². The Kier molecular flexibility index (Phi) is 10.1. The number of hydrogen-bond donors (Lipinski definition) is 1. The number of esters is 1. The fourth-order valence-corrected chi connectivity index (χ4v) is 5.02. The number of nitrogens with one attached hydrogen (secondary N) is 1. The smallest absolute Gasteiger partial charge is 0.337 e. The van der Waals surface area contributed by atoms with Gasteiger partial charge in [0.2, 0.25) is 5.91 Å². The molecular weight excluding hydrogens is 561 g/mol. The number of anilines is 2. The third-order valence-electron chi connectivity index (χ3n) is 6.62. The van der Waals surface area contributed by atoms with Crippen molar-refractivity contribution in [3.05, 3.63) is 83.7 Å². The van der Waals surface area contributed by atoms with Crippen molar-refractivity contribution in [3.63, 3.8) is 0 Å². The number of nitrogens with zero attached hydrogens (tertiary/aromatic N) is 2. The molecule has 11 heteroatoms. The molecule has 2 amide bonds. The summed E-state index contributed by atoms with van der Waals surface area (Å²) in [5, 5.41) is 3.00. The van der Waals surface area contributed by atoms with Gasteiger partial charge in [0, 0.05) is 12.2 Å². The van der Waals surface area contributed by atoms with Crippen LogP contribution in [0.3, 0.4) is 0 Å². The Labute approximate surface area is 249 Å². The van der Waals surface area contributed by atoms with Crippen LogP contribution in [-0.2, 0) is 20.7 Å². The molecule has 4 rings (SSSR count). The number of amides is 2. The minimum absolute atomic E-state index is 0.178. The van der Waals surface area contributed by atoms with Crippen molar-refractivity contribution >= 4 is 46.5 Å². The maximum atomic E-state index is 13.7. The van der Waals surface area contributed by atoms with Crippen LogP contribution in [0, 0.1) is 5.82 Å². The van der Waals surface area contributed by atoms with Crippen LogP contribution in [0.5, 0.6) is 11.5 Å². The molecule has 0 radical (unpaired) electrons. The van der Waals surface area contributed by atoms with Crippen LogP contribution < -0.4 is 19.7 Å². The Morgan fingerprint density at radius 1 is 0.952 bits per heavy atom. The first-order valence-electron chi connectivity index (χ1n) is 13.5. The molecule has 0 spiro atoms. The van der Waals surface area contributed by atoms with Crippen molar-refractivity contribution in [2.75, 3.05) is 37.1 Å². The zero-order valence-corrected chi connectivity index (χ0v) is 24.4. The maximum Gasteiger partial charge on any atom is 0.337 e. The largest absolute Gasteiger partial charge is 0.490 e. The number of ether oxygens (including phenoxy) is 3. The molecule has 3 aromatic rings. The number of halogens is 1. The highest BCUT2D eigenvalue weighted by Crippen LogP contribution is 2.31. The van der Waals surface area contributed by atoms with Gasteiger partial charge in [-0.1, -0.05) is 6.07 Å². The quantitative estimate of drug-likeness (QED) is 0.232. The predicted molar refractivity (Wildman–Crippen MR) is 160 cm³/mol. The van der Waals surface area contributed by atoms with Crippen LogP contribution in [-0.4, -0.2) is 60.7 Å². The van der Waals surface area contributed by atoms with Crippen molar-refractivity contribution in [2.24, 2.45) is 0 Å². The Morgan fingerprint density at radius 2 is 1.62 bits per heavy atom. The topological polar surface area (TPSA) is 97.4 Å². The van der Waals surface area contributed by atoms with Crippen molar-refractivity contribution in [2.45, 2.75) is 32.7 Å². The number of rotatable bonds is 12. The number of hydrogen-bond acceptors (Lipinski definition) is 7. The fraction of sp³-hybridized carbons (Fsp3) is 0.290. The normalized spacial score (nSPS) is 14.6. The molecule has 1 fully saturated rings. The van der Waals surface area contributed by atoms with Crippen molar-refractivity contribution in [1.29, 1.82) is 0 Å². The highest BCUT2D eigenvalue weighted by Gasteiger charge is 2.44. The Hall–Kier alpha value is -4.51. The molecule has 42 heavy (non-hydrogen) atoms. The predicted octanol–water partition coefficient (Wildman–Crippen LogP) is 4.98. The Balaban J connectivity index is 1.54. The summed E-state index contributed by atoms with van der Waals surface area (Å²) in [6.45, 7) is 5.11. The lowest BCUT2D eigenvalue weighted by Gasteiger charge is -2.24. The van der Waals surface area contributed by atoms with E-state index < -0.39 is 23.7 Å². The van der Waals surface area contributed by atoms with Gasteiger partial charge in [-0.3, -0.25) is 14.5 Å². The molecule has 1 aliphatic heterocycles. The monoisotopic (exact) mass is 593 g/mol. The third-order valence-corrected chi connectivity index (χ3v) is 7.04. The number of methoxy groups -OCH3 is 1. The first kappa shape index (κ1) is 30.4. The lowest BCUT2D eigenvalue weighted by molar-refractivity contribution is -0.124. The van der Waals surface area contributed by atoms with E-state index >= 15 is 0 Å². The number of thiocarbonyl (C=S) groups is 1. The summed E-state index contributed by atoms with van der Waals surface area (Å²) in [7, 11) is 1.29. The van der Waals surface area contributed by atoms with E-state index in [-0.39, 0.29) is 17.4 Å². The molecular formula is C31H32FN3O6S. The number of carbonyl (C=O) groups is 3. The first-order chi connectivity index (χ1) is 20.2. The van der Waals surface area contributed by atoms with Gasteiger partial charge in [-0.2, -0.15) is 0 Å². The highest BCUT2D eigenvalue weighted by atomic mass is 32.1. The SMILES string of the molecule is CCOc1ccc(CCN2C(=S)N(c3ccc(F)cc3)C(=O)[C@H]2CC(=O)Nc2ccc(C(=O)OC)cc2)cc1OCC. The minimum atomic E-state index is -0.883. The molecule has 3 aromatic carbocycles. The number of carbonyl (C=O) groups excluding carboxylic acids is 3. The minimum Gasteiger partial charge on any atom is -0.490 e. The van der Waals surface area contributed by atoms with Crippen LogP contribution in [0.25, 0.3) is 0 Å². The molecule has 1 atom stereocenters. The van der Waals surface area contributed by atoms with Crippen LogP contribution in [0.2, 0.25) is 0 Å². The van der Waals surface area contributed by atoms with Gasteiger partial charge in [0.05, 0.1) is 38.0 Å². The Bertz CT molecular complexity index is 1450. The summed E-state index contributed by atoms with van der Waals surface area (Å²) in [6.07, 6.45) is 0.327. The molecule has 1 N–H and O–H groups in total. The molecule has 1 heterocycles. The van der Waals surface area contributed by atoms with Crippen LogP contribution in [0.4, 0.5) is 15.8 Å². The van der Waals surface area contributed by atoms with E-state index in [0.29, 0.717) is 54.6 Å². The molecule has 0 unspecified atom stereocenters. The van der Waals surface area contributed by atoms with Crippen molar-refractivity contribution in [1.82, 2.24) is 4.90 Å².